The number of amides is 2. The van der Waals surface area contributed by atoms with Crippen LogP contribution in [0.5, 0.6) is 0 Å². The fraction of sp³-hybridized carbons (Fsp3) is 0.333. The van der Waals surface area contributed by atoms with Crippen molar-refractivity contribution in [3.63, 3.8) is 0 Å². The molecule has 0 bridgehead atoms. The number of benzene rings is 3. The number of nitrogens with zero attached hydrogens (tertiary/aromatic N) is 2. The molecule has 198 valence electrons. The lowest BCUT2D eigenvalue weighted by molar-refractivity contribution is -0.132. The lowest BCUT2D eigenvalue weighted by Gasteiger charge is -2.36. The summed E-state index contributed by atoms with van der Waals surface area (Å²) in [6, 6.07) is 20.2. The van der Waals surface area contributed by atoms with E-state index in [0.717, 1.165) is 32.4 Å². The highest BCUT2D eigenvalue weighted by molar-refractivity contribution is 6.42. The number of nitrogens with one attached hydrogen (secondary N) is 1. The van der Waals surface area contributed by atoms with Gasteiger partial charge in [-0.05, 0) is 79.7 Å². The second-order valence-corrected chi connectivity index (χ2v) is 10.8. The Labute approximate surface area is 232 Å². The second-order valence-electron chi connectivity index (χ2n) is 10.0. The normalized spacial score (nSPS) is 19.3. The van der Waals surface area contributed by atoms with Crippen molar-refractivity contribution in [2.75, 3.05) is 26.2 Å². The Morgan fingerprint density at radius 1 is 0.868 bits per heavy atom. The van der Waals surface area contributed by atoms with Crippen LogP contribution in [0, 0.1) is 5.82 Å². The highest BCUT2D eigenvalue weighted by atomic mass is 35.5. The maximum Gasteiger partial charge on any atom is 0.252 e. The van der Waals surface area contributed by atoms with E-state index in [9.17, 15) is 14.0 Å². The first-order valence-corrected chi connectivity index (χ1v) is 13.7. The zero-order valence-corrected chi connectivity index (χ0v) is 22.5. The summed E-state index contributed by atoms with van der Waals surface area (Å²) in [4.78, 5) is 31.1. The van der Waals surface area contributed by atoms with E-state index in [0.29, 0.717) is 35.2 Å². The van der Waals surface area contributed by atoms with Gasteiger partial charge in [-0.15, -0.1) is 0 Å². The fourth-order valence-corrected chi connectivity index (χ4v) is 5.84. The molecule has 0 aliphatic carbocycles. The molecule has 2 atom stereocenters. The van der Waals surface area contributed by atoms with Gasteiger partial charge >= 0.3 is 0 Å². The van der Waals surface area contributed by atoms with Crippen LogP contribution >= 0.6 is 23.2 Å². The van der Waals surface area contributed by atoms with E-state index in [1.54, 1.807) is 12.1 Å². The van der Waals surface area contributed by atoms with Crippen LogP contribution in [0.25, 0.3) is 0 Å². The van der Waals surface area contributed by atoms with E-state index >= 15 is 0 Å². The van der Waals surface area contributed by atoms with Gasteiger partial charge in [-0.3, -0.25) is 14.5 Å². The second kappa shape index (κ2) is 11.9. The molecule has 0 spiro atoms. The Balaban J connectivity index is 1.26. The Morgan fingerprint density at radius 3 is 2.26 bits per heavy atom. The molecule has 1 N–H and O–H groups in total. The molecule has 3 aromatic rings. The van der Waals surface area contributed by atoms with Gasteiger partial charge in [0.15, 0.2) is 0 Å². The maximum absolute atomic E-state index is 13.7. The van der Waals surface area contributed by atoms with Gasteiger partial charge in [-0.1, -0.05) is 65.7 Å². The fourth-order valence-electron chi connectivity index (χ4n) is 5.54. The van der Waals surface area contributed by atoms with Crippen LogP contribution in [0.15, 0.2) is 72.8 Å². The molecule has 5 rings (SSSR count). The first kappa shape index (κ1) is 26.7. The van der Waals surface area contributed by atoms with Crippen LogP contribution in [-0.4, -0.2) is 53.8 Å². The monoisotopic (exact) mass is 553 g/mol. The zero-order valence-electron chi connectivity index (χ0n) is 21.0. The van der Waals surface area contributed by atoms with Crippen molar-refractivity contribution in [1.29, 1.82) is 0 Å². The SMILES string of the molecule is O=C(N[C@@H](C(=O)N1CCC(N2CCC(c3ccccc3)CC2)C1)c1ccc(F)cc1)c1ccc(Cl)c(Cl)c1. The van der Waals surface area contributed by atoms with E-state index in [1.165, 1.54) is 35.9 Å². The molecule has 1 unspecified atom stereocenters. The summed E-state index contributed by atoms with van der Waals surface area (Å²) in [7, 11) is 0. The lowest BCUT2D eigenvalue weighted by Crippen LogP contribution is -2.45. The molecule has 2 heterocycles. The van der Waals surface area contributed by atoms with Crippen LogP contribution in [0.4, 0.5) is 4.39 Å². The molecule has 38 heavy (non-hydrogen) atoms. The quantitative estimate of drug-likeness (QED) is 0.402. The van der Waals surface area contributed by atoms with Gasteiger partial charge in [0.05, 0.1) is 10.0 Å². The molecule has 0 radical (unpaired) electrons. The van der Waals surface area contributed by atoms with Crippen molar-refractivity contribution < 1.29 is 14.0 Å². The first-order valence-electron chi connectivity index (χ1n) is 13.0. The number of rotatable bonds is 6. The van der Waals surface area contributed by atoms with Crippen LogP contribution < -0.4 is 5.32 Å². The van der Waals surface area contributed by atoms with Crippen molar-refractivity contribution in [2.24, 2.45) is 0 Å². The van der Waals surface area contributed by atoms with Crippen LogP contribution in [-0.2, 0) is 4.79 Å². The van der Waals surface area contributed by atoms with Gasteiger partial charge in [-0.2, -0.15) is 0 Å². The van der Waals surface area contributed by atoms with Crippen LogP contribution in [0.2, 0.25) is 10.0 Å². The van der Waals surface area contributed by atoms with Crippen LogP contribution in [0.3, 0.4) is 0 Å². The predicted molar refractivity (Wildman–Crippen MR) is 148 cm³/mol. The Kier molecular flexibility index (Phi) is 8.32. The largest absolute Gasteiger partial charge is 0.339 e. The van der Waals surface area contributed by atoms with Gasteiger partial charge in [0.25, 0.3) is 5.91 Å². The molecular formula is C30H30Cl2FN3O2. The molecule has 0 aromatic heterocycles. The molecular weight excluding hydrogens is 524 g/mol. The molecule has 2 fully saturated rings. The molecule has 2 amide bonds. The van der Waals surface area contributed by atoms with Crippen molar-refractivity contribution in [3.8, 4) is 0 Å². The number of piperidine rings is 1. The topological polar surface area (TPSA) is 52.7 Å². The van der Waals surface area contributed by atoms with Gasteiger partial charge in [0.1, 0.15) is 11.9 Å². The van der Waals surface area contributed by atoms with E-state index < -0.39 is 17.8 Å². The molecule has 8 heteroatoms. The third kappa shape index (κ3) is 6.04. The average molecular weight is 554 g/mol. The summed E-state index contributed by atoms with van der Waals surface area (Å²) in [5, 5.41) is 3.43. The Bertz CT molecular complexity index is 1280. The van der Waals surface area contributed by atoms with Gasteiger partial charge < -0.3 is 10.2 Å². The third-order valence-corrected chi connectivity index (χ3v) is 8.44. The number of hydrogen-bond acceptors (Lipinski definition) is 3. The van der Waals surface area contributed by atoms with E-state index in [1.807, 2.05) is 4.90 Å². The molecule has 2 aliphatic heterocycles. The standard InChI is InChI=1S/C30H30Cl2FN3O2/c31-26-11-8-23(18-27(26)32)29(37)34-28(22-6-9-24(33)10-7-22)30(38)36-17-14-25(19-36)35-15-12-21(13-16-35)20-4-2-1-3-5-20/h1-11,18,21,25,28H,12-17,19H2,(H,34,37)/t25?,28-/m1/s1. The molecule has 2 aliphatic rings. The zero-order chi connectivity index (χ0) is 26.6. The number of hydrogen-bond donors (Lipinski definition) is 1. The van der Waals surface area contributed by atoms with Gasteiger partial charge in [0, 0.05) is 24.7 Å². The molecule has 3 aromatic carbocycles. The highest BCUT2D eigenvalue weighted by Gasteiger charge is 2.36. The molecule has 2 saturated heterocycles. The minimum atomic E-state index is -0.944. The molecule has 0 saturated carbocycles. The predicted octanol–water partition coefficient (Wildman–Crippen LogP) is 6.08. The average Bonchev–Trinajstić information content (AvgIpc) is 3.44. The van der Waals surface area contributed by atoms with E-state index in [2.05, 4.69) is 40.5 Å². The van der Waals surface area contributed by atoms with E-state index in [4.69, 9.17) is 23.2 Å². The number of carbonyl (C=O) groups excluding carboxylic acids is 2. The van der Waals surface area contributed by atoms with Crippen molar-refractivity contribution in [3.05, 3.63) is 105 Å². The maximum atomic E-state index is 13.7. The summed E-state index contributed by atoms with van der Waals surface area (Å²) < 4.78 is 13.6. The summed E-state index contributed by atoms with van der Waals surface area (Å²) in [6.45, 7) is 3.22. The minimum Gasteiger partial charge on any atom is -0.339 e. The summed E-state index contributed by atoms with van der Waals surface area (Å²) >= 11 is 12.1. The van der Waals surface area contributed by atoms with E-state index in [-0.39, 0.29) is 17.0 Å². The summed E-state index contributed by atoms with van der Waals surface area (Å²) in [5.74, 6) is -0.487. The smallest absolute Gasteiger partial charge is 0.252 e. The summed E-state index contributed by atoms with van der Waals surface area (Å²) in [6.07, 6.45) is 3.09. The number of likely N-dealkylation sites (tertiary alicyclic amines) is 2. The lowest BCUT2D eigenvalue weighted by atomic mass is 9.89. The number of halogens is 3. The third-order valence-electron chi connectivity index (χ3n) is 7.70. The Hall–Kier alpha value is -2.93. The van der Waals surface area contributed by atoms with Crippen molar-refractivity contribution in [2.45, 2.75) is 37.3 Å². The van der Waals surface area contributed by atoms with Gasteiger partial charge in [-0.25, -0.2) is 4.39 Å². The van der Waals surface area contributed by atoms with Crippen molar-refractivity contribution >= 4 is 35.0 Å². The van der Waals surface area contributed by atoms with Crippen LogP contribution in [0.1, 0.15) is 52.7 Å². The van der Waals surface area contributed by atoms with Gasteiger partial charge in [0.2, 0.25) is 5.91 Å². The van der Waals surface area contributed by atoms with Crippen molar-refractivity contribution in [1.82, 2.24) is 15.1 Å². The highest BCUT2D eigenvalue weighted by Crippen LogP contribution is 2.31. The minimum absolute atomic E-state index is 0.202. The molecule has 5 nitrogen and oxygen atoms in total. The summed E-state index contributed by atoms with van der Waals surface area (Å²) in [5.41, 5.74) is 2.21. The Morgan fingerprint density at radius 2 is 1.58 bits per heavy atom. The number of carbonyl (C=O) groups is 2. The first-order chi connectivity index (χ1) is 18.4.